The zero-order valence-electron chi connectivity index (χ0n) is 10.0. The normalized spacial score (nSPS) is 8.82. The molecule has 17 heavy (non-hydrogen) atoms. The zero-order chi connectivity index (χ0) is 12.7. The van der Waals surface area contributed by atoms with Crippen molar-refractivity contribution in [1.29, 1.82) is 5.41 Å². The summed E-state index contributed by atoms with van der Waals surface area (Å²) in [5.41, 5.74) is 5.37. The fourth-order valence-electron chi connectivity index (χ4n) is 1.68. The van der Waals surface area contributed by atoms with E-state index in [0.717, 1.165) is 6.08 Å². The highest BCUT2D eigenvalue weighted by molar-refractivity contribution is 5.68. The fraction of sp³-hybridized carbons (Fsp3) is 0.133. The van der Waals surface area contributed by atoms with E-state index in [0.29, 0.717) is 0 Å². The summed E-state index contributed by atoms with van der Waals surface area (Å²) in [7, 11) is 0. The van der Waals surface area contributed by atoms with Crippen LogP contribution >= 0.6 is 0 Å². The predicted octanol–water partition coefficient (Wildman–Crippen LogP) is 3.87. The molecule has 86 valence electrons. The lowest BCUT2D eigenvalue weighted by Gasteiger charge is -2.07. The van der Waals surface area contributed by atoms with Crippen molar-refractivity contribution < 1.29 is 4.79 Å². The van der Waals surface area contributed by atoms with Crippen molar-refractivity contribution in [2.75, 3.05) is 0 Å². The van der Waals surface area contributed by atoms with Gasteiger partial charge in [0.2, 0.25) is 6.08 Å². The lowest BCUT2D eigenvalue weighted by atomic mass is 9.97. The molecule has 0 saturated carbocycles. The molecule has 0 fully saturated rings. The molecule has 0 amide bonds. The van der Waals surface area contributed by atoms with E-state index in [9.17, 15) is 0 Å². The van der Waals surface area contributed by atoms with Gasteiger partial charge in [-0.1, -0.05) is 48.5 Å². The largest absolute Gasteiger partial charge is 0.231 e. The van der Waals surface area contributed by atoms with E-state index < -0.39 is 0 Å². The minimum absolute atomic E-state index is 0.750. The van der Waals surface area contributed by atoms with Crippen LogP contribution in [0.4, 0.5) is 0 Å². The Morgan fingerprint density at radius 3 is 2.12 bits per heavy atom. The first-order chi connectivity index (χ1) is 8.20. The Hall–Kier alpha value is -2.18. The van der Waals surface area contributed by atoms with Crippen LogP contribution in [0.5, 0.6) is 0 Å². The molecule has 0 heterocycles. The Bertz CT molecular complexity index is 512. The molecule has 2 nitrogen and oxygen atoms in total. The molecule has 0 aliphatic carbocycles. The van der Waals surface area contributed by atoms with Crippen LogP contribution in [0, 0.1) is 19.3 Å². The average molecular weight is 225 g/mol. The maximum absolute atomic E-state index is 8.35. The lowest BCUT2D eigenvalue weighted by Crippen LogP contribution is -1.85. The standard InChI is InChI=1S/C14H14.CHNO/c1-11-7-6-10-14(12(11)2)13-8-4-3-5-9-13;2-1-3/h3-10H,1-2H3;2H. The second kappa shape index (κ2) is 6.41. The van der Waals surface area contributed by atoms with Crippen LogP contribution in [0.2, 0.25) is 0 Å². The van der Waals surface area contributed by atoms with E-state index in [1.807, 2.05) is 0 Å². The summed E-state index contributed by atoms with van der Waals surface area (Å²) in [5.74, 6) is 0. The first kappa shape index (κ1) is 12.9. The van der Waals surface area contributed by atoms with Gasteiger partial charge in [0.15, 0.2) is 0 Å². The second-order valence-electron chi connectivity index (χ2n) is 3.72. The van der Waals surface area contributed by atoms with Crippen LogP contribution in [0.25, 0.3) is 11.1 Å². The second-order valence-corrected chi connectivity index (χ2v) is 3.72. The zero-order valence-corrected chi connectivity index (χ0v) is 10.0. The molecule has 1 N–H and O–H groups in total. The SMILES string of the molecule is Cc1cccc(-c2ccccc2)c1C.N=C=O. The highest BCUT2D eigenvalue weighted by Gasteiger charge is 2.01. The minimum atomic E-state index is 0.750. The van der Waals surface area contributed by atoms with Crippen LogP contribution in [0.15, 0.2) is 48.5 Å². The topological polar surface area (TPSA) is 40.9 Å². The molecule has 0 aromatic heterocycles. The Morgan fingerprint density at radius 1 is 0.941 bits per heavy atom. The molecule has 0 bridgehead atoms. The highest BCUT2D eigenvalue weighted by atomic mass is 16.1. The van der Waals surface area contributed by atoms with E-state index in [4.69, 9.17) is 10.2 Å². The molecule has 0 spiro atoms. The van der Waals surface area contributed by atoms with Gasteiger partial charge in [-0.25, -0.2) is 10.2 Å². The Kier molecular flexibility index (Phi) is 4.86. The molecule has 2 aromatic rings. The lowest BCUT2D eigenvalue weighted by molar-refractivity contribution is 0.563. The fourth-order valence-corrected chi connectivity index (χ4v) is 1.68. The van der Waals surface area contributed by atoms with E-state index in [1.165, 1.54) is 22.3 Å². The molecule has 0 radical (unpaired) electrons. The summed E-state index contributed by atoms with van der Waals surface area (Å²) in [6, 6.07) is 17.0. The number of carbonyl (C=O) groups excluding carboxylic acids is 1. The van der Waals surface area contributed by atoms with Gasteiger partial charge in [0, 0.05) is 0 Å². The first-order valence-electron chi connectivity index (χ1n) is 5.36. The predicted molar refractivity (Wildman–Crippen MR) is 69.8 cm³/mol. The quantitative estimate of drug-likeness (QED) is 0.581. The molecule has 0 aliphatic heterocycles. The van der Waals surface area contributed by atoms with Gasteiger partial charge in [-0.05, 0) is 36.1 Å². The van der Waals surface area contributed by atoms with Gasteiger partial charge in [0.1, 0.15) is 0 Å². The van der Waals surface area contributed by atoms with Crippen LogP contribution in [-0.4, -0.2) is 6.08 Å². The molecule has 2 heteroatoms. The van der Waals surface area contributed by atoms with E-state index in [1.54, 1.807) is 0 Å². The molecular formula is C15H15NO. The summed E-state index contributed by atoms with van der Waals surface area (Å²) in [5, 5.41) is 5.40. The Morgan fingerprint density at radius 2 is 1.53 bits per heavy atom. The molecule has 2 aromatic carbocycles. The van der Waals surface area contributed by atoms with E-state index in [-0.39, 0.29) is 0 Å². The minimum Gasteiger partial charge on any atom is -0.222 e. The Balaban J connectivity index is 0.000000437. The third-order valence-corrected chi connectivity index (χ3v) is 2.69. The van der Waals surface area contributed by atoms with Gasteiger partial charge in [-0.3, -0.25) is 0 Å². The number of hydrogen-bond donors (Lipinski definition) is 1. The van der Waals surface area contributed by atoms with Gasteiger partial charge in [-0.15, -0.1) is 0 Å². The highest BCUT2D eigenvalue weighted by Crippen LogP contribution is 2.24. The number of rotatable bonds is 1. The summed E-state index contributed by atoms with van der Waals surface area (Å²) < 4.78 is 0. The van der Waals surface area contributed by atoms with Crippen molar-refractivity contribution in [1.82, 2.24) is 0 Å². The van der Waals surface area contributed by atoms with Crippen LogP contribution in [0.1, 0.15) is 11.1 Å². The average Bonchev–Trinajstić information content (AvgIpc) is 2.35. The number of isocyanates is 1. The van der Waals surface area contributed by atoms with Crippen molar-refractivity contribution in [3.05, 3.63) is 59.7 Å². The van der Waals surface area contributed by atoms with Gasteiger partial charge in [-0.2, -0.15) is 0 Å². The van der Waals surface area contributed by atoms with Gasteiger partial charge < -0.3 is 0 Å². The van der Waals surface area contributed by atoms with Crippen LogP contribution in [0.3, 0.4) is 0 Å². The third-order valence-electron chi connectivity index (χ3n) is 2.69. The summed E-state index contributed by atoms with van der Waals surface area (Å²) in [6.45, 7) is 4.33. The monoisotopic (exact) mass is 225 g/mol. The van der Waals surface area contributed by atoms with E-state index in [2.05, 4.69) is 62.4 Å². The summed E-state index contributed by atoms with van der Waals surface area (Å²) >= 11 is 0. The van der Waals surface area contributed by atoms with Crippen molar-refractivity contribution >= 4 is 6.08 Å². The number of aryl methyl sites for hydroxylation is 1. The molecule has 0 saturated heterocycles. The third kappa shape index (κ3) is 3.40. The van der Waals surface area contributed by atoms with Crippen molar-refractivity contribution in [3.63, 3.8) is 0 Å². The molecule has 0 aliphatic rings. The van der Waals surface area contributed by atoms with Gasteiger partial charge in [0.25, 0.3) is 0 Å². The van der Waals surface area contributed by atoms with Gasteiger partial charge >= 0.3 is 0 Å². The van der Waals surface area contributed by atoms with Crippen LogP contribution < -0.4 is 0 Å². The number of hydrogen-bond acceptors (Lipinski definition) is 2. The smallest absolute Gasteiger partial charge is 0.222 e. The first-order valence-corrected chi connectivity index (χ1v) is 5.36. The maximum Gasteiger partial charge on any atom is 0.231 e. The van der Waals surface area contributed by atoms with E-state index >= 15 is 0 Å². The number of nitrogens with one attached hydrogen (secondary N) is 1. The van der Waals surface area contributed by atoms with Crippen molar-refractivity contribution in [2.24, 2.45) is 0 Å². The molecule has 2 rings (SSSR count). The molecule has 0 atom stereocenters. The molecule has 0 unspecified atom stereocenters. The van der Waals surface area contributed by atoms with Gasteiger partial charge in [0.05, 0.1) is 0 Å². The maximum atomic E-state index is 8.35. The Labute approximate surface area is 101 Å². The summed E-state index contributed by atoms with van der Waals surface area (Å²) in [4.78, 5) is 8.35. The van der Waals surface area contributed by atoms with Crippen LogP contribution in [-0.2, 0) is 4.79 Å². The number of benzene rings is 2. The molecular weight excluding hydrogens is 210 g/mol. The van der Waals surface area contributed by atoms with Crippen molar-refractivity contribution in [2.45, 2.75) is 13.8 Å². The van der Waals surface area contributed by atoms with Crippen molar-refractivity contribution in [3.8, 4) is 11.1 Å². The summed E-state index contributed by atoms with van der Waals surface area (Å²) in [6.07, 6.45) is 0.750.